The molecule has 0 amide bonds. The molecule has 0 spiro atoms. The number of benzene rings is 1. The van der Waals surface area contributed by atoms with E-state index in [2.05, 4.69) is 37.2 Å². The lowest BCUT2D eigenvalue weighted by Gasteiger charge is -2.10. The summed E-state index contributed by atoms with van der Waals surface area (Å²) in [7, 11) is 0. The van der Waals surface area contributed by atoms with Crippen molar-refractivity contribution in [2.45, 2.75) is 39.2 Å². The van der Waals surface area contributed by atoms with Crippen LogP contribution in [-0.2, 0) is 4.84 Å². The minimum atomic E-state index is 0.358. The van der Waals surface area contributed by atoms with Crippen LogP contribution >= 0.6 is 0 Å². The van der Waals surface area contributed by atoms with E-state index in [4.69, 9.17) is 4.84 Å². The molecule has 2 atom stereocenters. The Morgan fingerprint density at radius 3 is 2.88 bits per heavy atom. The van der Waals surface area contributed by atoms with E-state index in [0.717, 1.165) is 0 Å². The summed E-state index contributed by atoms with van der Waals surface area (Å²) in [6.45, 7) is 4.30. The molecule has 1 aromatic carbocycles. The van der Waals surface area contributed by atoms with Gasteiger partial charge < -0.3 is 4.84 Å². The highest BCUT2D eigenvalue weighted by molar-refractivity contribution is 6.03. The van der Waals surface area contributed by atoms with E-state index in [1.165, 1.54) is 41.7 Å². The Bertz CT molecular complexity index is 450. The molecule has 1 aliphatic carbocycles. The van der Waals surface area contributed by atoms with Gasteiger partial charge in [0, 0.05) is 11.5 Å². The molecule has 1 aliphatic heterocycles. The van der Waals surface area contributed by atoms with Gasteiger partial charge in [-0.15, -0.1) is 0 Å². The molecular formula is C14H17NO. The summed E-state index contributed by atoms with van der Waals surface area (Å²) in [6, 6.07) is 6.58. The molecular weight excluding hydrogens is 198 g/mol. The first-order valence-electron chi connectivity index (χ1n) is 6.07. The molecule has 0 bridgehead atoms. The van der Waals surface area contributed by atoms with E-state index in [1.807, 2.05) is 0 Å². The fraction of sp³-hybridized carbons (Fsp3) is 0.500. The molecule has 2 unspecified atom stereocenters. The summed E-state index contributed by atoms with van der Waals surface area (Å²) in [5, 5.41) is 4.28. The minimum Gasteiger partial charge on any atom is -0.392 e. The molecule has 1 aromatic rings. The summed E-state index contributed by atoms with van der Waals surface area (Å²) < 4.78 is 0. The van der Waals surface area contributed by atoms with E-state index < -0.39 is 0 Å². The van der Waals surface area contributed by atoms with Gasteiger partial charge in [0.2, 0.25) is 0 Å². The Morgan fingerprint density at radius 2 is 2.06 bits per heavy atom. The van der Waals surface area contributed by atoms with Crippen molar-refractivity contribution < 1.29 is 4.84 Å². The van der Waals surface area contributed by atoms with E-state index in [-0.39, 0.29) is 0 Å². The monoisotopic (exact) mass is 215 g/mol. The maximum atomic E-state index is 5.50. The number of hydrogen-bond acceptors (Lipinski definition) is 2. The zero-order chi connectivity index (χ0) is 11.1. The van der Waals surface area contributed by atoms with Crippen LogP contribution in [0.4, 0.5) is 0 Å². The Balaban J connectivity index is 1.95. The van der Waals surface area contributed by atoms with Gasteiger partial charge in [-0.1, -0.05) is 17.3 Å². The average Bonchev–Trinajstić information content (AvgIpc) is 2.83. The second-order valence-corrected chi connectivity index (χ2v) is 4.96. The number of fused-ring (bicyclic) bond motifs is 1. The van der Waals surface area contributed by atoms with Crippen LogP contribution in [0.1, 0.15) is 36.0 Å². The van der Waals surface area contributed by atoms with Gasteiger partial charge in [0.05, 0.1) is 5.71 Å². The summed E-state index contributed by atoms with van der Waals surface area (Å²) in [5.74, 6) is 0.544. The molecule has 84 valence electrons. The molecule has 0 radical (unpaired) electrons. The predicted octanol–water partition coefficient (Wildman–Crippen LogP) is 3.21. The van der Waals surface area contributed by atoms with Crippen LogP contribution in [0.25, 0.3) is 0 Å². The lowest BCUT2D eigenvalue weighted by molar-refractivity contribution is 0.0746. The van der Waals surface area contributed by atoms with E-state index in [9.17, 15) is 0 Å². The topological polar surface area (TPSA) is 21.6 Å². The standard InChI is InChI=1S/C14H17NO/c1-9-6-7-11(8-10(9)2)14-12-4-3-5-13(12)16-15-14/h6-8,12-13H,3-5H2,1-2H3. The molecule has 2 aliphatic rings. The van der Waals surface area contributed by atoms with Gasteiger partial charge in [-0.2, -0.15) is 0 Å². The first kappa shape index (κ1) is 9.88. The van der Waals surface area contributed by atoms with Crippen molar-refractivity contribution in [2.24, 2.45) is 11.1 Å². The van der Waals surface area contributed by atoms with Crippen molar-refractivity contribution >= 4 is 5.71 Å². The van der Waals surface area contributed by atoms with Crippen LogP contribution in [-0.4, -0.2) is 11.8 Å². The predicted molar refractivity (Wildman–Crippen MR) is 64.7 cm³/mol. The summed E-state index contributed by atoms with van der Waals surface area (Å²) in [6.07, 6.45) is 4.04. The maximum Gasteiger partial charge on any atom is 0.136 e. The normalized spacial score (nSPS) is 27.5. The SMILES string of the molecule is Cc1ccc(C2=NOC3CCCC23)cc1C. The first-order valence-corrected chi connectivity index (χ1v) is 6.07. The molecule has 1 heterocycles. The van der Waals surface area contributed by atoms with Crippen LogP contribution in [0.2, 0.25) is 0 Å². The number of rotatable bonds is 1. The highest BCUT2D eigenvalue weighted by atomic mass is 16.6. The second-order valence-electron chi connectivity index (χ2n) is 4.96. The smallest absolute Gasteiger partial charge is 0.136 e. The van der Waals surface area contributed by atoms with Crippen molar-refractivity contribution in [3.8, 4) is 0 Å². The molecule has 2 nitrogen and oxygen atoms in total. The van der Waals surface area contributed by atoms with Crippen LogP contribution in [0.15, 0.2) is 23.4 Å². The first-order chi connectivity index (χ1) is 7.75. The minimum absolute atomic E-state index is 0.358. The van der Waals surface area contributed by atoms with Crippen molar-refractivity contribution in [3.05, 3.63) is 34.9 Å². The van der Waals surface area contributed by atoms with Crippen LogP contribution in [0.3, 0.4) is 0 Å². The molecule has 0 saturated heterocycles. The van der Waals surface area contributed by atoms with Gasteiger partial charge in [0.1, 0.15) is 6.10 Å². The highest BCUT2D eigenvalue weighted by Crippen LogP contribution is 2.36. The Labute approximate surface area is 96.3 Å². The van der Waals surface area contributed by atoms with Gasteiger partial charge >= 0.3 is 0 Å². The molecule has 1 saturated carbocycles. The third-order valence-electron chi connectivity index (χ3n) is 3.89. The molecule has 0 N–H and O–H groups in total. The average molecular weight is 215 g/mol. The second kappa shape index (κ2) is 3.62. The van der Waals surface area contributed by atoms with Crippen molar-refractivity contribution in [3.63, 3.8) is 0 Å². The molecule has 0 aromatic heterocycles. The Morgan fingerprint density at radius 1 is 1.19 bits per heavy atom. The molecule has 16 heavy (non-hydrogen) atoms. The molecule has 1 fully saturated rings. The van der Waals surface area contributed by atoms with Gasteiger partial charge in [0.15, 0.2) is 0 Å². The van der Waals surface area contributed by atoms with Gasteiger partial charge in [-0.25, -0.2) is 0 Å². The van der Waals surface area contributed by atoms with Gasteiger partial charge in [-0.05, 0) is 50.3 Å². The van der Waals surface area contributed by atoms with Gasteiger partial charge in [-0.3, -0.25) is 0 Å². The summed E-state index contributed by atoms with van der Waals surface area (Å²) in [5.41, 5.74) is 5.09. The fourth-order valence-corrected chi connectivity index (χ4v) is 2.72. The number of aryl methyl sites for hydroxylation is 2. The Hall–Kier alpha value is -1.31. The van der Waals surface area contributed by atoms with E-state index in [1.54, 1.807) is 0 Å². The van der Waals surface area contributed by atoms with Gasteiger partial charge in [0.25, 0.3) is 0 Å². The number of hydrogen-bond donors (Lipinski definition) is 0. The lowest BCUT2D eigenvalue weighted by atomic mass is 9.93. The molecule has 3 rings (SSSR count). The lowest BCUT2D eigenvalue weighted by Crippen LogP contribution is -2.17. The molecule has 2 heteroatoms. The summed E-state index contributed by atoms with van der Waals surface area (Å²) >= 11 is 0. The zero-order valence-corrected chi connectivity index (χ0v) is 9.86. The van der Waals surface area contributed by atoms with Crippen LogP contribution in [0, 0.1) is 19.8 Å². The van der Waals surface area contributed by atoms with Crippen molar-refractivity contribution in [1.29, 1.82) is 0 Å². The third-order valence-corrected chi connectivity index (χ3v) is 3.89. The zero-order valence-electron chi connectivity index (χ0n) is 9.86. The van der Waals surface area contributed by atoms with Crippen LogP contribution in [0.5, 0.6) is 0 Å². The maximum absolute atomic E-state index is 5.50. The quantitative estimate of drug-likeness (QED) is 0.705. The number of nitrogens with zero attached hydrogens (tertiary/aromatic N) is 1. The van der Waals surface area contributed by atoms with E-state index >= 15 is 0 Å². The largest absolute Gasteiger partial charge is 0.392 e. The van der Waals surface area contributed by atoms with Crippen molar-refractivity contribution in [2.75, 3.05) is 0 Å². The Kier molecular flexibility index (Phi) is 2.23. The van der Waals surface area contributed by atoms with E-state index in [0.29, 0.717) is 12.0 Å². The highest BCUT2D eigenvalue weighted by Gasteiger charge is 2.38. The van der Waals surface area contributed by atoms with Crippen LogP contribution < -0.4 is 0 Å². The number of oxime groups is 1. The van der Waals surface area contributed by atoms with Crippen molar-refractivity contribution in [1.82, 2.24) is 0 Å². The fourth-order valence-electron chi connectivity index (χ4n) is 2.72. The summed E-state index contributed by atoms with van der Waals surface area (Å²) in [4.78, 5) is 5.50. The third kappa shape index (κ3) is 1.44.